The van der Waals surface area contributed by atoms with E-state index >= 15 is 0 Å². The molecule has 24 heteroatoms. The topological polar surface area (TPSA) is 234 Å². The van der Waals surface area contributed by atoms with Gasteiger partial charge in [-0.3, -0.25) is 24.0 Å². The first-order valence-corrected chi connectivity index (χ1v) is 36.6. The van der Waals surface area contributed by atoms with Crippen LogP contribution in [0.3, 0.4) is 0 Å². The highest BCUT2D eigenvalue weighted by Gasteiger charge is 2.39. The van der Waals surface area contributed by atoms with Crippen LogP contribution in [0.1, 0.15) is 109 Å². The Kier molecular flexibility index (Phi) is 33.8. The minimum atomic E-state index is -0.824. The second kappa shape index (κ2) is 43.2. The molecule has 2 fully saturated rings. The molecule has 105 heavy (non-hydrogen) atoms. The molecule has 564 valence electrons. The Morgan fingerprint density at radius 2 is 1.26 bits per heavy atom. The Hall–Kier alpha value is -8.51. The van der Waals surface area contributed by atoms with Crippen LogP contribution in [0.4, 0.5) is 0 Å². The average Bonchev–Trinajstić information content (AvgIpc) is 0.801. The third-order valence-electron chi connectivity index (χ3n) is 18.1. The molecule has 3 amide bonds. The fourth-order valence-electron chi connectivity index (χ4n) is 12.4. The van der Waals surface area contributed by atoms with Crippen molar-refractivity contribution in [3.8, 4) is 34.5 Å². The first-order chi connectivity index (χ1) is 50.9. The summed E-state index contributed by atoms with van der Waals surface area (Å²) in [5.41, 5.74) is 6.40. The Bertz CT molecular complexity index is 3830. The Morgan fingerprint density at radius 3 is 1.92 bits per heavy atom. The summed E-state index contributed by atoms with van der Waals surface area (Å²) in [6.07, 6.45) is 7.27. The summed E-state index contributed by atoms with van der Waals surface area (Å²) in [6.45, 7) is 7.13. The smallest absolute Gasteiger partial charge is 0.329 e. The van der Waals surface area contributed by atoms with Gasteiger partial charge in [0.1, 0.15) is 24.5 Å². The number of aryl methyl sites for hydroxylation is 2. The highest BCUT2D eigenvalue weighted by atomic mass is 35.5. The number of rotatable bonds is 42. The van der Waals surface area contributed by atoms with Gasteiger partial charge in [0.25, 0.3) is 0 Å². The first kappa shape index (κ1) is 82.1. The zero-order valence-electron chi connectivity index (χ0n) is 61.0. The lowest BCUT2D eigenvalue weighted by Gasteiger charge is -2.37. The number of likely N-dealkylation sites (tertiary alicyclic amines) is 2. The van der Waals surface area contributed by atoms with Crippen molar-refractivity contribution in [1.82, 2.24) is 20.4 Å². The minimum Gasteiger partial charge on any atom is -0.493 e. The summed E-state index contributed by atoms with van der Waals surface area (Å²) in [4.78, 5) is 86.8. The number of benzene rings is 6. The maximum atomic E-state index is 14.6. The van der Waals surface area contributed by atoms with Crippen molar-refractivity contribution in [2.45, 2.75) is 102 Å². The highest BCUT2D eigenvalue weighted by Crippen LogP contribution is 2.42. The normalized spacial score (nSPS) is 15.4. The molecule has 0 aromatic heterocycles. The molecule has 6 aromatic rings. The molecular formula is C81H97Cl3N4O17. The zero-order chi connectivity index (χ0) is 75.0. The third-order valence-corrected chi connectivity index (χ3v) is 19.2. The van der Waals surface area contributed by atoms with Crippen LogP contribution in [0.5, 0.6) is 34.5 Å². The number of ether oxygens (including phenoxy) is 11. The van der Waals surface area contributed by atoms with Crippen molar-refractivity contribution in [1.29, 1.82) is 0 Å². The van der Waals surface area contributed by atoms with Gasteiger partial charge in [-0.05, 0) is 164 Å². The molecule has 2 aliphatic heterocycles. The molecule has 0 bridgehead atoms. The first-order valence-electron chi connectivity index (χ1n) is 35.5. The summed E-state index contributed by atoms with van der Waals surface area (Å²) >= 11 is 19.0. The molecule has 2 saturated heterocycles. The van der Waals surface area contributed by atoms with Gasteiger partial charge in [-0.1, -0.05) is 108 Å². The van der Waals surface area contributed by atoms with Gasteiger partial charge in [0, 0.05) is 68.3 Å². The summed E-state index contributed by atoms with van der Waals surface area (Å²) in [7, 11) is 7.72. The van der Waals surface area contributed by atoms with Crippen LogP contribution in [0, 0.1) is 6.92 Å². The number of carbonyl (C=O) groups excluding carboxylic acids is 6. The van der Waals surface area contributed by atoms with Crippen molar-refractivity contribution < 1.29 is 80.9 Å². The molecule has 0 aliphatic carbocycles. The SMILES string of the molecule is CC[C@H](C(=O)N1CCCC[C@H]1C(=O)OC(CCc1ccc(OC)c(OC)c1)c1cccc(OCC(=O)CCCOCCOCCOCCC(=O)NCCOCCN[C@@H](Cc2ccccc2)C(=O)N2C/C(=C\c3ccc(C)c(Cl)c3)C(=O)/C(=C/c3ccc(Cl)c(Cl)c3)C2)c1)c1cc(OC)c(OC)c(OC)c1. The molecule has 0 radical (unpaired) electrons. The van der Waals surface area contributed by atoms with Crippen molar-refractivity contribution >= 4 is 82.2 Å². The maximum absolute atomic E-state index is 14.6. The molecular weight excluding hydrogens is 1410 g/mol. The zero-order valence-corrected chi connectivity index (χ0v) is 63.2. The number of halogens is 3. The molecule has 2 heterocycles. The lowest BCUT2D eigenvalue weighted by molar-refractivity contribution is -0.162. The number of esters is 1. The second-order valence-electron chi connectivity index (χ2n) is 25.4. The summed E-state index contributed by atoms with van der Waals surface area (Å²) < 4.78 is 63.1. The number of hydrogen-bond donors (Lipinski definition) is 2. The molecule has 4 atom stereocenters. The summed E-state index contributed by atoms with van der Waals surface area (Å²) in [5.74, 6) is 0.864. The molecule has 2 N–H and O–H groups in total. The van der Waals surface area contributed by atoms with E-state index in [1.807, 2.05) is 80.6 Å². The van der Waals surface area contributed by atoms with E-state index in [1.54, 1.807) is 90.8 Å². The predicted octanol–water partition coefficient (Wildman–Crippen LogP) is 12.9. The number of piperidine rings is 2. The molecule has 21 nitrogen and oxygen atoms in total. The van der Waals surface area contributed by atoms with Crippen LogP contribution in [-0.2, 0) is 65.3 Å². The lowest BCUT2D eigenvalue weighted by atomic mass is 9.91. The van der Waals surface area contributed by atoms with Crippen molar-refractivity contribution in [3.05, 3.63) is 186 Å². The Balaban J connectivity index is 0.711. The highest BCUT2D eigenvalue weighted by molar-refractivity contribution is 6.42. The van der Waals surface area contributed by atoms with Gasteiger partial charge in [0.2, 0.25) is 23.5 Å². The standard InChI is InChI=1S/C81H97Cl3N4O17/c1-8-65(60-49-74(97-5)78(99-7)75(50-60)98-6)79(92)88-33-13-12-21-70(88)81(94)105-71(28-25-56-26-29-72(95-3)73(47-56)96-4)59-18-14-20-64(48-59)104-53-63(89)19-15-34-100-38-40-103-41-39-101-35-30-76(90)86-32-37-102-36-31-85-69(46-55-16-10-9-11-17-55)80(93)87-51-61(42-57-23-22-54(2)67(83)44-57)77(91)62(52-87)43-58-24-27-66(82)68(84)45-58/h9-11,14,16-18,20,22-24,26-27,29,42-45,47-50,65,69-71,85H,8,12-13,15,19,21,25,28,30-41,46,51-53H2,1-7H3,(H,86,90)/b61-42+,62-43+/t65-,69-,70-,71?/m0/s1. The largest absolute Gasteiger partial charge is 0.493 e. The van der Waals surface area contributed by atoms with E-state index in [4.69, 9.17) is 86.9 Å². The van der Waals surface area contributed by atoms with E-state index < -0.39 is 30.1 Å². The van der Waals surface area contributed by atoms with Gasteiger partial charge in [0.05, 0.1) is 104 Å². The number of nitrogens with zero attached hydrogens (tertiary/aromatic N) is 2. The van der Waals surface area contributed by atoms with Crippen LogP contribution in [0.2, 0.25) is 15.1 Å². The Labute approximate surface area is 630 Å². The molecule has 0 saturated carbocycles. The van der Waals surface area contributed by atoms with E-state index in [0.29, 0.717) is 155 Å². The van der Waals surface area contributed by atoms with Gasteiger partial charge in [-0.2, -0.15) is 0 Å². The molecule has 0 spiro atoms. The summed E-state index contributed by atoms with van der Waals surface area (Å²) in [6, 6.07) is 35.3. The van der Waals surface area contributed by atoms with Gasteiger partial charge < -0.3 is 72.5 Å². The van der Waals surface area contributed by atoms with Gasteiger partial charge in [-0.25, -0.2) is 4.79 Å². The van der Waals surface area contributed by atoms with Crippen LogP contribution in [0.15, 0.2) is 132 Å². The van der Waals surface area contributed by atoms with E-state index in [1.165, 1.54) is 21.3 Å². The number of hydrogen-bond acceptors (Lipinski definition) is 18. The lowest BCUT2D eigenvalue weighted by Crippen LogP contribution is -2.52. The molecule has 2 aliphatic rings. The second-order valence-corrected chi connectivity index (χ2v) is 26.6. The molecule has 8 rings (SSSR count). The average molecular weight is 1510 g/mol. The van der Waals surface area contributed by atoms with Crippen molar-refractivity contribution in [2.75, 3.05) is 128 Å². The monoisotopic (exact) mass is 1500 g/mol. The van der Waals surface area contributed by atoms with Crippen LogP contribution in [-0.4, -0.2) is 185 Å². The van der Waals surface area contributed by atoms with Crippen LogP contribution in [0.25, 0.3) is 12.2 Å². The molecule has 1 unspecified atom stereocenters. The van der Waals surface area contributed by atoms with Crippen molar-refractivity contribution in [2.24, 2.45) is 0 Å². The van der Waals surface area contributed by atoms with Gasteiger partial charge in [0.15, 0.2) is 34.6 Å². The van der Waals surface area contributed by atoms with Crippen molar-refractivity contribution in [3.63, 3.8) is 0 Å². The number of methoxy groups -OCH3 is 5. The number of amides is 3. The maximum Gasteiger partial charge on any atom is 0.329 e. The summed E-state index contributed by atoms with van der Waals surface area (Å²) in [5, 5.41) is 7.54. The van der Waals surface area contributed by atoms with Gasteiger partial charge >= 0.3 is 5.97 Å². The predicted molar refractivity (Wildman–Crippen MR) is 404 cm³/mol. The van der Waals surface area contributed by atoms with Crippen LogP contribution < -0.4 is 39.1 Å². The third kappa shape index (κ3) is 25.1. The molecule has 6 aromatic carbocycles. The number of Topliss-reactive ketones (excluding diaryl/α,β-unsaturated/α-hetero) is 2. The van der Waals surface area contributed by atoms with E-state index in [9.17, 15) is 28.8 Å². The van der Waals surface area contributed by atoms with Crippen LogP contribution >= 0.6 is 34.8 Å². The number of nitrogens with one attached hydrogen (secondary N) is 2. The number of ketones is 2. The van der Waals surface area contributed by atoms with Gasteiger partial charge in [-0.15, -0.1) is 0 Å². The van der Waals surface area contributed by atoms with E-state index in [0.717, 1.165) is 35.1 Å². The van der Waals surface area contributed by atoms with E-state index in [2.05, 4.69) is 10.6 Å². The Morgan fingerprint density at radius 1 is 0.600 bits per heavy atom. The fourth-order valence-corrected chi connectivity index (χ4v) is 12.9. The fraction of sp³-hybridized carbons (Fsp3) is 0.432. The van der Waals surface area contributed by atoms with E-state index in [-0.39, 0.29) is 94.8 Å². The minimum absolute atomic E-state index is 0.0768. The number of carbonyl (C=O) groups is 6. The quantitative estimate of drug-likeness (QED) is 0.0206.